The van der Waals surface area contributed by atoms with E-state index in [2.05, 4.69) is 20.5 Å². The Morgan fingerprint density at radius 2 is 1.81 bits per heavy atom. The zero-order valence-electron chi connectivity index (χ0n) is 15.2. The van der Waals surface area contributed by atoms with Crippen molar-refractivity contribution in [2.45, 2.75) is 20.8 Å². The number of esters is 1. The van der Waals surface area contributed by atoms with Crippen LogP contribution in [-0.2, 0) is 4.74 Å². The number of nitrogens with zero attached hydrogens (tertiary/aromatic N) is 4. The van der Waals surface area contributed by atoms with E-state index in [9.17, 15) is 9.59 Å². The van der Waals surface area contributed by atoms with E-state index < -0.39 is 5.97 Å². The number of carbonyl (C=O) groups excluding carboxylic acids is 2. The first-order valence-electron chi connectivity index (χ1n) is 8.37. The largest absolute Gasteiger partial charge is 0.485 e. The molecular weight excluding hydrogens is 350 g/mol. The number of H-pyrrole nitrogens is 1. The number of tetrazole rings is 1. The number of Topliss-reactive ketones (excluding diaryl/α,β-unsaturated/α-hetero) is 1. The van der Waals surface area contributed by atoms with E-state index in [-0.39, 0.29) is 24.6 Å². The molecule has 0 radical (unpaired) electrons. The highest BCUT2D eigenvalue weighted by atomic mass is 16.5. The molecule has 0 amide bonds. The van der Waals surface area contributed by atoms with Crippen molar-refractivity contribution in [2.24, 2.45) is 0 Å². The Balaban J connectivity index is 1.72. The van der Waals surface area contributed by atoms with Crippen molar-refractivity contribution in [2.75, 3.05) is 13.2 Å². The Morgan fingerprint density at radius 3 is 2.44 bits per heavy atom. The number of aryl methyl sites for hydroxylation is 2. The van der Waals surface area contributed by atoms with Gasteiger partial charge in [-0.15, -0.1) is 5.10 Å². The van der Waals surface area contributed by atoms with Gasteiger partial charge in [-0.05, 0) is 55.5 Å². The van der Waals surface area contributed by atoms with Gasteiger partial charge in [-0.2, -0.15) is 0 Å². The van der Waals surface area contributed by atoms with E-state index in [1.165, 1.54) is 11.0 Å². The SMILES string of the molecule is CCOC(=O)c1c(C)[nH]c(C)c1C(=O)COc1ccc(-n2cnnn2)cc1. The molecule has 0 saturated carbocycles. The van der Waals surface area contributed by atoms with Crippen molar-refractivity contribution < 1.29 is 19.1 Å². The first-order chi connectivity index (χ1) is 13.0. The number of benzene rings is 1. The van der Waals surface area contributed by atoms with Crippen LogP contribution >= 0.6 is 0 Å². The Morgan fingerprint density at radius 1 is 1.11 bits per heavy atom. The second-order valence-corrected chi connectivity index (χ2v) is 5.81. The minimum absolute atomic E-state index is 0.200. The van der Waals surface area contributed by atoms with Gasteiger partial charge in [0.2, 0.25) is 5.78 Å². The fourth-order valence-electron chi connectivity index (χ4n) is 2.78. The molecule has 0 atom stereocenters. The fraction of sp³-hybridized carbons (Fsp3) is 0.278. The number of hydrogen-bond donors (Lipinski definition) is 1. The van der Waals surface area contributed by atoms with E-state index in [0.717, 1.165) is 5.69 Å². The fourth-order valence-corrected chi connectivity index (χ4v) is 2.78. The number of ether oxygens (including phenoxy) is 2. The number of rotatable bonds is 7. The van der Waals surface area contributed by atoms with Gasteiger partial charge in [0.1, 0.15) is 12.1 Å². The van der Waals surface area contributed by atoms with Crippen LogP contribution in [0.1, 0.15) is 39.0 Å². The summed E-state index contributed by atoms with van der Waals surface area (Å²) in [5, 5.41) is 10.9. The summed E-state index contributed by atoms with van der Waals surface area (Å²) in [7, 11) is 0. The maximum Gasteiger partial charge on any atom is 0.340 e. The molecule has 3 aromatic rings. The molecule has 2 aromatic heterocycles. The Hall–Kier alpha value is -3.49. The quantitative estimate of drug-likeness (QED) is 0.501. The molecular formula is C18H19N5O4. The van der Waals surface area contributed by atoms with E-state index in [1.807, 2.05) is 0 Å². The zero-order valence-corrected chi connectivity index (χ0v) is 15.2. The van der Waals surface area contributed by atoms with Crippen molar-refractivity contribution in [3.63, 3.8) is 0 Å². The number of nitrogens with one attached hydrogen (secondary N) is 1. The standard InChI is InChI=1S/C18H19N5O4/c1-4-26-18(25)17-12(3)20-11(2)16(17)15(24)9-27-14-7-5-13(6-8-14)23-10-19-21-22-23/h5-8,10,20H,4,9H2,1-3H3. The first kappa shape index (κ1) is 18.3. The predicted molar refractivity (Wildman–Crippen MR) is 95.2 cm³/mol. The van der Waals surface area contributed by atoms with Crippen LogP contribution in [0.15, 0.2) is 30.6 Å². The van der Waals surface area contributed by atoms with Crippen molar-refractivity contribution in [1.82, 2.24) is 25.2 Å². The van der Waals surface area contributed by atoms with Crippen LogP contribution in [-0.4, -0.2) is 50.2 Å². The van der Waals surface area contributed by atoms with Gasteiger partial charge in [-0.25, -0.2) is 9.48 Å². The highest BCUT2D eigenvalue weighted by Crippen LogP contribution is 2.21. The van der Waals surface area contributed by atoms with Gasteiger partial charge in [0.25, 0.3) is 0 Å². The summed E-state index contributed by atoms with van der Waals surface area (Å²) in [5.41, 5.74) is 2.53. The minimum atomic E-state index is -0.520. The van der Waals surface area contributed by atoms with Crippen molar-refractivity contribution in [1.29, 1.82) is 0 Å². The molecule has 0 unspecified atom stereocenters. The van der Waals surface area contributed by atoms with Crippen LogP contribution in [0.5, 0.6) is 5.75 Å². The molecule has 0 aliphatic heterocycles. The first-order valence-corrected chi connectivity index (χ1v) is 8.37. The topological polar surface area (TPSA) is 112 Å². The van der Waals surface area contributed by atoms with Crippen molar-refractivity contribution in [3.8, 4) is 11.4 Å². The van der Waals surface area contributed by atoms with E-state index >= 15 is 0 Å². The summed E-state index contributed by atoms with van der Waals surface area (Å²) in [6.07, 6.45) is 1.48. The highest BCUT2D eigenvalue weighted by Gasteiger charge is 2.25. The summed E-state index contributed by atoms with van der Waals surface area (Å²) in [6.45, 7) is 5.23. The lowest BCUT2D eigenvalue weighted by Crippen LogP contribution is -2.17. The summed E-state index contributed by atoms with van der Waals surface area (Å²) in [5.74, 6) is -0.305. The summed E-state index contributed by atoms with van der Waals surface area (Å²) in [6, 6.07) is 6.97. The molecule has 0 bridgehead atoms. The number of aromatic amines is 1. The Labute approximate surface area is 155 Å². The molecule has 0 aliphatic carbocycles. The van der Waals surface area contributed by atoms with Gasteiger partial charge in [0, 0.05) is 11.4 Å². The lowest BCUT2D eigenvalue weighted by Gasteiger charge is -2.08. The molecule has 0 aliphatic rings. The molecule has 140 valence electrons. The zero-order chi connectivity index (χ0) is 19.4. The third kappa shape index (κ3) is 3.86. The van der Waals surface area contributed by atoms with Crippen LogP contribution in [0, 0.1) is 13.8 Å². The van der Waals surface area contributed by atoms with Crippen LogP contribution < -0.4 is 4.74 Å². The molecule has 0 fully saturated rings. The van der Waals surface area contributed by atoms with E-state index in [1.54, 1.807) is 45.0 Å². The third-order valence-corrected chi connectivity index (χ3v) is 3.95. The van der Waals surface area contributed by atoms with Gasteiger partial charge in [-0.3, -0.25) is 4.79 Å². The highest BCUT2D eigenvalue weighted by molar-refractivity contribution is 6.08. The van der Waals surface area contributed by atoms with Gasteiger partial charge in [0.05, 0.1) is 23.4 Å². The second-order valence-electron chi connectivity index (χ2n) is 5.81. The van der Waals surface area contributed by atoms with Crippen LogP contribution in [0.2, 0.25) is 0 Å². The van der Waals surface area contributed by atoms with E-state index in [0.29, 0.717) is 22.7 Å². The van der Waals surface area contributed by atoms with Crippen molar-refractivity contribution in [3.05, 3.63) is 53.1 Å². The monoisotopic (exact) mass is 369 g/mol. The summed E-state index contributed by atoms with van der Waals surface area (Å²) < 4.78 is 12.1. The van der Waals surface area contributed by atoms with Gasteiger partial charge in [-0.1, -0.05) is 0 Å². The minimum Gasteiger partial charge on any atom is -0.485 e. The lowest BCUT2D eigenvalue weighted by molar-refractivity contribution is 0.0522. The van der Waals surface area contributed by atoms with Gasteiger partial charge >= 0.3 is 5.97 Å². The average Bonchev–Trinajstić information content (AvgIpc) is 3.28. The molecule has 0 saturated heterocycles. The number of aromatic nitrogens is 5. The Bertz CT molecular complexity index is 945. The third-order valence-electron chi connectivity index (χ3n) is 3.95. The molecule has 1 aromatic carbocycles. The summed E-state index contributed by atoms with van der Waals surface area (Å²) in [4.78, 5) is 27.8. The van der Waals surface area contributed by atoms with E-state index in [4.69, 9.17) is 9.47 Å². The smallest absolute Gasteiger partial charge is 0.340 e. The molecule has 3 rings (SSSR count). The van der Waals surface area contributed by atoms with Gasteiger partial charge in [0.15, 0.2) is 6.61 Å². The summed E-state index contributed by atoms with van der Waals surface area (Å²) >= 11 is 0. The normalized spacial score (nSPS) is 10.6. The molecule has 1 N–H and O–H groups in total. The van der Waals surface area contributed by atoms with Gasteiger partial charge < -0.3 is 14.5 Å². The lowest BCUT2D eigenvalue weighted by atomic mass is 10.1. The maximum atomic E-state index is 12.7. The predicted octanol–water partition coefficient (Wildman–Crippen LogP) is 2.05. The second kappa shape index (κ2) is 7.81. The van der Waals surface area contributed by atoms with Crippen LogP contribution in [0.3, 0.4) is 0 Å². The molecule has 9 nitrogen and oxygen atoms in total. The molecule has 27 heavy (non-hydrogen) atoms. The maximum absolute atomic E-state index is 12.7. The van der Waals surface area contributed by atoms with Crippen LogP contribution in [0.25, 0.3) is 5.69 Å². The number of hydrogen-bond acceptors (Lipinski definition) is 7. The van der Waals surface area contributed by atoms with Crippen molar-refractivity contribution >= 4 is 11.8 Å². The Kier molecular flexibility index (Phi) is 5.30. The molecule has 2 heterocycles. The number of ketones is 1. The molecule has 0 spiro atoms. The average molecular weight is 369 g/mol. The molecule has 9 heteroatoms. The number of carbonyl (C=O) groups is 2. The van der Waals surface area contributed by atoms with Crippen LogP contribution in [0.4, 0.5) is 0 Å².